The summed E-state index contributed by atoms with van der Waals surface area (Å²) in [4.78, 5) is 0. The molecule has 0 fully saturated rings. The number of benzene rings is 1. The van der Waals surface area contributed by atoms with Crippen LogP contribution in [0.4, 0.5) is 0 Å². The van der Waals surface area contributed by atoms with Gasteiger partial charge in [0.15, 0.2) is 0 Å². The van der Waals surface area contributed by atoms with E-state index in [1.54, 1.807) is 11.4 Å². The Labute approximate surface area is 92.6 Å². The molecule has 0 saturated carbocycles. The molecule has 1 N–H and O–H groups in total. The largest absolute Gasteiger partial charge is 0.507 e. The highest BCUT2D eigenvalue weighted by molar-refractivity contribution is 14.1. The Kier molecular flexibility index (Phi) is 2.14. The van der Waals surface area contributed by atoms with Crippen molar-refractivity contribution in [2.24, 2.45) is 0 Å². The van der Waals surface area contributed by atoms with Gasteiger partial charge in [0.1, 0.15) is 11.8 Å². The summed E-state index contributed by atoms with van der Waals surface area (Å²) in [5.74, 6) is 0.188. The third kappa shape index (κ3) is 1.28. The number of halogens is 1. The van der Waals surface area contributed by atoms with Gasteiger partial charge in [-0.1, -0.05) is 0 Å². The molecule has 0 aliphatic rings. The van der Waals surface area contributed by atoms with Gasteiger partial charge in [0.05, 0.1) is 15.6 Å². The topological polar surface area (TPSA) is 44.0 Å². The van der Waals surface area contributed by atoms with Gasteiger partial charge in [-0.25, -0.2) is 0 Å². The normalized spacial score (nSPS) is 10.2. The first-order chi connectivity index (χ1) is 6.24. The van der Waals surface area contributed by atoms with E-state index >= 15 is 0 Å². The molecule has 2 aromatic rings. The number of hydrogen-bond donors (Lipinski definition) is 1. The van der Waals surface area contributed by atoms with Crippen molar-refractivity contribution in [2.75, 3.05) is 0 Å². The van der Waals surface area contributed by atoms with E-state index in [-0.39, 0.29) is 5.75 Å². The molecule has 64 valence electrons. The summed E-state index contributed by atoms with van der Waals surface area (Å²) >= 11 is 3.68. The maximum atomic E-state index is 9.55. The molecule has 0 spiro atoms. The molecule has 0 aliphatic carbocycles. The first-order valence-corrected chi connectivity index (χ1v) is 5.48. The van der Waals surface area contributed by atoms with Crippen LogP contribution in [-0.2, 0) is 0 Å². The maximum Gasteiger partial charge on any atom is 0.125 e. The molecule has 0 bridgehead atoms. The van der Waals surface area contributed by atoms with Crippen LogP contribution in [0.5, 0.6) is 5.75 Å². The van der Waals surface area contributed by atoms with Crippen LogP contribution in [-0.4, -0.2) is 5.11 Å². The second kappa shape index (κ2) is 3.16. The Morgan fingerprint density at radius 2 is 2.23 bits per heavy atom. The number of hydrogen-bond acceptors (Lipinski definition) is 3. The minimum atomic E-state index is 0.188. The lowest BCUT2D eigenvalue weighted by molar-refractivity contribution is 0.481. The number of nitriles is 1. The molecule has 0 radical (unpaired) electrons. The number of fused-ring (bicyclic) bond motifs is 1. The van der Waals surface area contributed by atoms with E-state index in [2.05, 4.69) is 28.7 Å². The summed E-state index contributed by atoms with van der Waals surface area (Å²) in [7, 11) is 0. The van der Waals surface area contributed by atoms with Crippen LogP contribution in [0.2, 0.25) is 0 Å². The van der Waals surface area contributed by atoms with Crippen molar-refractivity contribution < 1.29 is 5.11 Å². The lowest BCUT2D eigenvalue weighted by atomic mass is 10.2. The molecule has 0 saturated heterocycles. The first kappa shape index (κ1) is 8.78. The maximum absolute atomic E-state index is 9.55. The lowest BCUT2D eigenvalue weighted by Crippen LogP contribution is -1.75. The van der Waals surface area contributed by atoms with Crippen LogP contribution in [0.25, 0.3) is 10.1 Å². The van der Waals surface area contributed by atoms with Crippen LogP contribution < -0.4 is 0 Å². The molecule has 4 heteroatoms. The minimum Gasteiger partial charge on any atom is -0.507 e. The van der Waals surface area contributed by atoms with E-state index in [1.807, 2.05) is 6.07 Å². The summed E-state index contributed by atoms with van der Waals surface area (Å²) in [5.41, 5.74) is 0.552. The van der Waals surface area contributed by atoms with Crippen LogP contribution >= 0.6 is 33.9 Å². The Bertz CT molecular complexity index is 512. The Morgan fingerprint density at radius 1 is 1.46 bits per heavy atom. The van der Waals surface area contributed by atoms with E-state index in [4.69, 9.17) is 5.26 Å². The molecule has 1 aromatic carbocycles. The zero-order valence-corrected chi connectivity index (χ0v) is 9.39. The lowest BCUT2D eigenvalue weighted by Gasteiger charge is -1.96. The van der Waals surface area contributed by atoms with Gasteiger partial charge in [0, 0.05) is 8.95 Å². The number of phenols is 1. The Hall–Kier alpha value is -0.800. The zero-order chi connectivity index (χ0) is 9.42. The van der Waals surface area contributed by atoms with Gasteiger partial charge < -0.3 is 5.11 Å². The second-order valence-corrected chi connectivity index (χ2v) is 4.57. The van der Waals surface area contributed by atoms with E-state index < -0.39 is 0 Å². The summed E-state index contributed by atoms with van der Waals surface area (Å²) in [6, 6.07) is 5.53. The van der Waals surface area contributed by atoms with Gasteiger partial charge in [-0.2, -0.15) is 5.26 Å². The molecular weight excluding hydrogens is 297 g/mol. The second-order valence-electron chi connectivity index (χ2n) is 2.53. The predicted octanol–water partition coefficient (Wildman–Crippen LogP) is 3.08. The molecule has 2 nitrogen and oxygen atoms in total. The van der Waals surface area contributed by atoms with Gasteiger partial charge >= 0.3 is 0 Å². The number of nitrogens with zero attached hydrogens (tertiary/aromatic N) is 1. The van der Waals surface area contributed by atoms with Crippen LogP contribution in [0.1, 0.15) is 5.56 Å². The van der Waals surface area contributed by atoms with Gasteiger partial charge in [-0.3, -0.25) is 0 Å². The van der Waals surface area contributed by atoms with Crippen molar-refractivity contribution in [1.29, 1.82) is 5.26 Å². The molecular formula is C9H4INOS. The SMILES string of the molecule is N#Cc1csc2c(I)ccc(O)c12. The molecule has 13 heavy (non-hydrogen) atoms. The fourth-order valence-corrected chi connectivity index (χ4v) is 2.93. The third-order valence-electron chi connectivity index (χ3n) is 1.77. The third-order valence-corrected chi connectivity index (χ3v) is 4.05. The van der Waals surface area contributed by atoms with Crippen molar-refractivity contribution in [1.82, 2.24) is 0 Å². The minimum absolute atomic E-state index is 0.188. The molecule has 0 aliphatic heterocycles. The molecule has 1 heterocycles. The Balaban J connectivity index is 2.98. The summed E-state index contributed by atoms with van der Waals surface area (Å²) in [5, 5.41) is 20.8. The molecule has 1 aromatic heterocycles. The predicted molar refractivity (Wildman–Crippen MR) is 60.9 cm³/mol. The molecule has 2 rings (SSSR count). The van der Waals surface area contributed by atoms with Crippen molar-refractivity contribution in [3.8, 4) is 11.8 Å². The quantitative estimate of drug-likeness (QED) is 0.760. The zero-order valence-electron chi connectivity index (χ0n) is 6.41. The molecule has 0 unspecified atom stereocenters. The van der Waals surface area contributed by atoms with E-state index in [9.17, 15) is 5.11 Å². The number of rotatable bonds is 0. The van der Waals surface area contributed by atoms with Crippen LogP contribution in [0.3, 0.4) is 0 Å². The number of aromatic hydroxyl groups is 1. The summed E-state index contributed by atoms with van der Waals surface area (Å²) < 4.78 is 2.05. The van der Waals surface area contributed by atoms with Gasteiger partial charge in [0.25, 0.3) is 0 Å². The highest BCUT2D eigenvalue weighted by Gasteiger charge is 2.10. The van der Waals surface area contributed by atoms with Crippen LogP contribution in [0.15, 0.2) is 17.5 Å². The highest BCUT2D eigenvalue weighted by atomic mass is 127. The van der Waals surface area contributed by atoms with Gasteiger partial charge in [0.2, 0.25) is 0 Å². The van der Waals surface area contributed by atoms with Crippen molar-refractivity contribution in [3.63, 3.8) is 0 Å². The summed E-state index contributed by atoms with van der Waals surface area (Å²) in [6.45, 7) is 0. The fraction of sp³-hybridized carbons (Fsp3) is 0. The first-order valence-electron chi connectivity index (χ1n) is 3.53. The molecule has 0 amide bonds. The van der Waals surface area contributed by atoms with E-state index in [1.165, 1.54) is 11.3 Å². The highest BCUT2D eigenvalue weighted by Crippen LogP contribution is 2.35. The fourth-order valence-electron chi connectivity index (χ4n) is 1.18. The number of thiophene rings is 1. The average molecular weight is 301 g/mol. The standard InChI is InChI=1S/C9H4INOS/c10-6-1-2-7(12)8-5(3-11)4-13-9(6)8/h1-2,4,12H. The smallest absolute Gasteiger partial charge is 0.125 e. The average Bonchev–Trinajstić information content (AvgIpc) is 2.56. The molecule has 0 atom stereocenters. The summed E-state index contributed by atoms with van der Waals surface area (Å²) in [6.07, 6.45) is 0. The number of phenolic OH excluding ortho intramolecular Hbond substituents is 1. The van der Waals surface area contributed by atoms with E-state index in [0.717, 1.165) is 8.27 Å². The van der Waals surface area contributed by atoms with Crippen molar-refractivity contribution in [3.05, 3.63) is 26.6 Å². The Morgan fingerprint density at radius 3 is 2.92 bits per heavy atom. The van der Waals surface area contributed by atoms with Crippen LogP contribution in [0, 0.1) is 14.9 Å². The van der Waals surface area contributed by atoms with E-state index in [0.29, 0.717) is 10.9 Å². The van der Waals surface area contributed by atoms with Crippen molar-refractivity contribution in [2.45, 2.75) is 0 Å². The van der Waals surface area contributed by atoms with Crippen molar-refractivity contribution >= 4 is 44.0 Å². The van der Waals surface area contributed by atoms with Gasteiger partial charge in [-0.05, 0) is 34.7 Å². The van der Waals surface area contributed by atoms with Gasteiger partial charge in [-0.15, -0.1) is 11.3 Å². The monoisotopic (exact) mass is 301 g/mol.